The van der Waals surface area contributed by atoms with Crippen LogP contribution in [0.25, 0.3) is 0 Å². The van der Waals surface area contributed by atoms with Crippen molar-refractivity contribution in [1.29, 1.82) is 5.26 Å². The van der Waals surface area contributed by atoms with Gasteiger partial charge in [0, 0.05) is 43.5 Å². The van der Waals surface area contributed by atoms with Crippen LogP contribution in [-0.4, -0.2) is 70.6 Å². The number of amides is 2. The van der Waals surface area contributed by atoms with E-state index in [0.29, 0.717) is 30.6 Å². The fourth-order valence-corrected chi connectivity index (χ4v) is 3.60. The maximum absolute atomic E-state index is 15.0. The number of carbonyl (C=O) groups excluding carboxylic acids is 3. The average Bonchev–Trinajstić information content (AvgIpc) is 3.65. The summed E-state index contributed by atoms with van der Waals surface area (Å²) in [5.74, 6) is -6.05. The number of nitrogens with one attached hydrogen (secondary N) is 2. The molecule has 0 unspecified atom stereocenters. The van der Waals surface area contributed by atoms with E-state index < -0.39 is 17.5 Å². The van der Waals surface area contributed by atoms with E-state index in [4.69, 9.17) is 0 Å². The molecule has 10 nitrogen and oxygen atoms in total. The van der Waals surface area contributed by atoms with Crippen molar-refractivity contribution in [3.8, 4) is 6.07 Å². The number of halogens is 2. The molecule has 2 fully saturated rings. The molecule has 0 radical (unpaired) electrons. The van der Waals surface area contributed by atoms with Gasteiger partial charge in [-0.15, -0.1) is 0 Å². The van der Waals surface area contributed by atoms with Crippen molar-refractivity contribution in [3.63, 3.8) is 0 Å². The molecule has 1 saturated carbocycles. The Balaban J connectivity index is 1.50. The van der Waals surface area contributed by atoms with Crippen molar-refractivity contribution in [2.45, 2.75) is 31.4 Å². The topological polar surface area (TPSA) is 131 Å². The van der Waals surface area contributed by atoms with Gasteiger partial charge in [-0.1, -0.05) is 6.07 Å². The number of piperazine rings is 1. The van der Waals surface area contributed by atoms with Crippen LogP contribution in [0.1, 0.15) is 40.2 Å². The number of pyridine rings is 2. The van der Waals surface area contributed by atoms with Gasteiger partial charge in [0.25, 0.3) is 0 Å². The fourth-order valence-electron chi connectivity index (χ4n) is 3.60. The lowest BCUT2D eigenvalue weighted by Gasteiger charge is -2.32. The van der Waals surface area contributed by atoms with Gasteiger partial charge in [0.15, 0.2) is 6.29 Å². The minimum absolute atomic E-state index is 0.0533. The van der Waals surface area contributed by atoms with Crippen molar-refractivity contribution in [2.24, 2.45) is 0 Å². The van der Waals surface area contributed by atoms with E-state index in [0.717, 1.165) is 18.9 Å². The lowest BCUT2D eigenvalue weighted by molar-refractivity contribution is -0.141. The second-order valence-corrected chi connectivity index (χ2v) is 8.59. The van der Waals surface area contributed by atoms with Crippen LogP contribution in [0, 0.1) is 11.3 Å². The number of hydrogen-bond acceptors (Lipinski definition) is 8. The third kappa shape index (κ3) is 5.41. The average molecular weight is 483 g/mol. The minimum atomic E-state index is -4.07. The Morgan fingerprint density at radius 1 is 1.34 bits per heavy atom. The number of nitrogens with zero attached hydrogens (tertiary/aromatic N) is 5. The summed E-state index contributed by atoms with van der Waals surface area (Å²) in [6.07, 6.45) is 3.37. The van der Waals surface area contributed by atoms with E-state index in [1.165, 1.54) is 23.2 Å². The lowest BCUT2D eigenvalue weighted by Crippen LogP contribution is -2.48. The van der Waals surface area contributed by atoms with Crippen LogP contribution >= 0.6 is 0 Å². The summed E-state index contributed by atoms with van der Waals surface area (Å²) in [5.41, 5.74) is -0.242. The summed E-state index contributed by atoms with van der Waals surface area (Å²) in [5, 5.41) is 14.4. The van der Waals surface area contributed by atoms with Crippen LogP contribution in [0.3, 0.4) is 0 Å². The predicted molar refractivity (Wildman–Crippen MR) is 121 cm³/mol. The van der Waals surface area contributed by atoms with E-state index in [9.17, 15) is 28.4 Å². The molecule has 1 aliphatic heterocycles. The quantitative estimate of drug-likeness (QED) is 0.543. The van der Waals surface area contributed by atoms with Gasteiger partial charge in [0.2, 0.25) is 5.91 Å². The number of alkyl halides is 2. The third-order valence-electron chi connectivity index (χ3n) is 5.80. The highest BCUT2D eigenvalue weighted by atomic mass is 19.3. The molecule has 12 heteroatoms. The van der Waals surface area contributed by atoms with E-state index in [1.807, 2.05) is 18.0 Å². The first kappa shape index (κ1) is 24.2. The van der Waals surface area contributed by atoms with Crippen molar-refractivity contribution >= 4 is 29.6 Å². The monoisotopic (exact) mass is 483 g/mol. The first-order valence-corrected chi connectivity index (χ1v) is 11.0. The molecule has 2 aromatic rings. The molecule has 182 valence electrons. The molecule has 0 bridgehead atoms. The molecule has 1 saturated heterocycles. The number of carbonyl (C=O) groups is 3. The second kappa shape index (κ2) is 9.71. The van der Waals surface area contributed by atoms with Gasteiger partial charge in [0.1, 0.15) is 23.3 Å². The fraction of sp³-hybridized carbons (Fsp3) is 0.391. The number of rotatable bonds is 8. The Morgan fingerprint density at radius 2 is 2.11 bits per heavy atom. The number of aromatic nitrogens is 2. The first-order chi connectivity index (χ1) is 16.7. The summed E-state index contributed by atoms with van der Waals surface area (Å²) in [6.45, 7) is 1.36. The van der Waals surface area contributed by atoms with E-state index in [-0.39, 0.29) is 42.1 Å². The van der Waals surface area contributed by atoms with Crippen molar-refractivity contribution < 1.29 is 23.2 Å². The highest BCUT2D eigenvalue weighted by Gasteiger charge is 2.43. The van der Waals surface area contributed by atoms with Crippen LogP contribution < -0.4 is 10.6 Å². The molecule has 2 amide bonds. The molecular weight excluding hydrogens is 460 g/mol. The Bertz CT molecular complexity index is 1210. The van der Waals surface area contributed by atoms with Gasteiger partial charge in [-0.05, 0) is 26.0 Å². The lowest BCUT2D eigenvalue weighted by atomic mass is 10.1. The standard InChI is InChI=1S/C23H23F2N7O3/c1-31-6-7-32(21(34)12-31)11-14-2-5-19(29-18(14)13-33)23(24,25)22(35)30-20-8-17(28-16-3-4-16)15(9-26)10-27-20/h2,5,8,10,13,16H,3-4,6-7,11-12H2,1H3,(H2,27,28,30,35). The predicted octanol–water partition coefficient (Wildman–Crippen LogP) is 1.74. The largest absolute Gasteiger partial charge is 0.381 e. The summed E-state index contributed by atoms with van der Waals surface area (Å²) >= 11 is 0. The van der Waals surface area contributed by atoms with Crippen molar-refractivity contribution in [3.05, 3.63) is 46.9 Å². The molecule has 0 aromatic carbocycles. The highest BCUT2D eigenvalue weighted by Crippen LogP contribution is 2.31. The van der Waals surface area contributed by atoms with Gasteiger partial charge >= 0.3 is 11.8 Å². The van der Waals surface area contributed by atoms with Crippen LogP contribution in [0.15, 0.2) is 24.4 Å². The van der Waals surface area contributed by atoms with Gasteiger partial charge in [-0.25, -0.2) is 9.97 Å². The Hall–Kier alpha value is -3.98. The summed E-state index contributed by atoms with van der Waals surface area (Å²) < 4.78 is 29.9. The molecule has 2 aromatic heterocycles. The molecule has 2 aliphatic rings. The van der Waals surface area contributed by atoms with Crippen LogP contribution in [0.2, 0.25) is 0 Å². The van der Waals surface area contributed by atoms with E-state index >= 15 is 0 Å². The summed E-state index contributed by atoms with van der Waals surface area (Å²) in [7, 11) is 1.81. The van der Waals surface area contributed by atoms with Crippen LogP contribution in [0.4, 0.5) is 20.3 Å². The molecule has 1 aliphatic carbocycles. The minimum Gasteiger partial charge on any atom is -0.381 e. The van der Waals surface area contributed by atoms with E-state index in [2.05, 4.69) is 20.6 Å². The summed E-state index contributed by atoms with van der Waals surface area (Å²) in [6, 6.07) is 5.72. The Labute approximate surface area is 199 Å². The highest BCUT2D eigenvalue weighted by molar-refractivity contribution is 5.96. The number of hydrogen-bond donors (Lipinski definition) is 2. The SMILES string of the molecule is CN1CCN(Cc2ccc(C(F)(F)C(=O)Nc3cc(NC4CC4)c(C#N)cn3)nc2C=O)C(=O)C1. The van der Waals surface area contributed by atoms with Gasteiger partial charge in [-0.3, -0.25) is 19.3 Å². The maximum atomic E-state index is 15.0. The van der Waals surface area contributed by atoms with Crippen molar-refractivity contribution in [2.75, 3.05) is 37.3 Å². The zero-order valence-electron chi connectivity index (χ0n) is 18.9. The van der Waals surface area contributed by atoms with Crippen LogP contribution in [-0.2, 0) is 22.1 Å². The molecule has 3 heterocycles. The maximum Gasteiger partial charge on any atom is 0.366 e. The molecule has 0 atom stereocenters. The van der Waals surface area contributed by atoms with Gasteiger partial charge < -0.3 is 15.5 Å². The third-order valence-corrected chi connectivity index (χ3v) is 5.80. The second-order valence-electron chi connectivity index (χ2n) is 8.59. The van der Waals surface area contributed by atoms with Crippen molar-refractivity contribution in [1.82, 2.24) is 19.8 Å². The van der Waals surface area contributed by atoms with Crippen LogP contribution in [0.5, 0.6) is 0 Å². The van der Waals surface area contributed by atoms with E-state index in [1.54, 1.807) is 0 Å². The Kier molecular flexibility index (Phi) is 6.70. The Morgan fingerprint density at radius 3 is 2.77 bits per heavy atom. The molecule has 4 rings (SSSR count). The number of nitriles is 1. The zero-order chi connectivity index (χ0) is 25.2. The van der Waals surface area contributed by atoms with Gasteiger partial charge in [0.05, 0.1) is 17.8 Å². The molecule has 0 spiro atoms. The number of anilines is 2. The number of likely N-dealkylation sites (N-methyl/N-ethyl adjacent to an activating group) is 1. The first-order valence-electron chi connectivity index (χ1n) is 11.0. The molecule has 2 N–H and O–H groups in total. The molecule has 35 heavy (non-hydrogen) atoms. The summed E-state index contributed by atoms with van der Waals surface area (Å²) in [4.78, 5) is 47.2. The smallest absolute Gasteiger partial charge is 0.366 e. The molecular formula is C23H23F2N7O3. The van der Waals surface area contributed by atoms with Gasteiger partial charge in [-0.2, -0.15) is 14.0 Å². The number of aldehydes is 1. The normalized spacial score (nSPS) is 16.5. The zero-order valence-corrected chi connectivity index (χ0v) is 18.9.